The largest absolute Gasteiger partial charge is 0.495 e. The molecular weight excluding hydrogens is 371 g/mol. The van der Waals surface area contributed by atoms with Gasteiger partial charge in [0.15, 0.2) is 0 Å². The Morgan fingerprint density at radius 1 is 1.21 bits per heavy atom. The molecular formula is C22H19FN4O2. The van der Waals surface area contributed by atoms with Crippen LogP contribution >= 0.6 is 0 Å². The Hall–Kier alpha value is -3.92. The molecule has 29 heavy (non-hydrogen) atoms. The molecule has 0 fully saturated rings. The number of aryl methyl sites for hydroxylation is 1. The summed E-state index contributed by atoms with van der Waals surface area (Å²) in [4.78, 5) is 12.6. The van der Waals surface area contributed by atoms with Crippen molar-refractivity contribution in [2.45, 2.75) is 13.8 Å². The Labute approximate surface area is 167 Å². The fourth-order valence-electron chi connectivity index (χ4n) is 2.93. The maximum absolute atomic E-state index is 13.2. The van der Waals surface area contributed by atoms with Crippen LogP contribution in [-0.2, 0) is 4.79 Å². The summed E-state index contributed by atoms with van der Waals surface area (Å²) in [6.45, 7) is 3.61. The van der Waals surface area contributed by atoms with Gasteiger partial charge < -0.3 is 10.1 Å². The minimum Gasteiger partial charge on any atom is -0.495 e. The van der Waals surface area contributed by atoms with Crippen LogP contribution in [0.15, 0.2) is 54.1 Å². The monoisotopic (exact) mass is 390 g/mol. The summed E-state index contributed by atoms with van der Waals surface area (Å²) in [7, 11) is 1.50. The number of nitrogens with one attached hydrogen (secondary N) is 1. The summed E-state index contributed by atoms with van der Waals surface area (Å²) in [5.74, 6) is -0.393. The summed E-state index contributed by atoms with van der Waals surface area (Å²) in [5.41, 5.74) is 3.11. The van der Waals surface area contributed by atoms with E-state index >= 15 is 0 Å². The van der Waals surface area contributed by atoms with Crippen LogP contribution < -0.4 is 10.1 Å². The van der Waals surface area contributed by atoms with Gasteiger partial charge in [-0.2, -0.15) is 10.4 Å². The first-order valence-electron chi connectivity index (χ1n) is 8.83. The van der Waals surface area contributed by atoms with Gasteiger partial charge in [-0.25, -0.2) is 9.07 Å². The van der Waals surface area contributed by atoms with E-state index in [-0.39, 0.29) is 11.4 Å². The van der Waals surface area contributed by atoms with Crippen LogP contribution in [0.25, 0.3) is 11.8 Å². The molecule has 0 unspecified atom stereocenters. The normalized spacial score (nSPS) is 11.1. The molecule has 1 N–H and O–H groups in total. The smallest absolute Gasteiger partial charge is 0.266 e. The van der Waals surface area contributed by atoms with E-state index in [0.29, 0.717) is 28.4 Å². The Morgan fingerprint density at radius 3 is 2.55 bits per heavy atom. The van der Waals surface area contributed by atoms with E-state index in [0.717, 1.165) is 5.69 Å². The number of benzene rings is 2. The van der Waals surface area contributed by atoms with Gasteiger partial charge in [-0.1, -0.05) is 12.1 Å². The number of rotatable bonds is 5. The third-order valence-corrected chi connectivity index (χ3v) is 4.43. The molecule has 2 aromatic carbocycles. The van der Waals surface area contributed by atoms with Gasteiger partial charge >= 0.3 is 0 Å². The molecule has 1 amide bonds. The summed E-state index contributed by atoms with van der Waals surface area (Å²) in [6.07, 6.45) is 1.50. The molecule has 0 radical (unpaired) electrons. The van der Waals surface area contributed by atoms with E-state index in [1.807, 2.05) is 13.0 Å². The van der Waals surface area contributed by atoms with Crippen molar-refractivity contribution >= 4 is 17.7 Å². The third-order valence-electron chi connectivity index (χ3n) is 4.43. The van der Waals surface area contributed by atoms with Gasteiger partial charge in [0.1, 0.15) is 23.2 Å². The lowest BCUT2D eigenvalue weighted by Gasteiger charge is -2.09. The molecule has 0 aliphatic carbocycles. The molecule has 0 saturated carbocycles. The van der Waals surface area contributed by atoms with Crippen LogP contribution in [0.3, 0.4) is 0 Å². The number of anilines is 1. The number of carbonyl (C=O) groups is 1. The second-order valence-electron chi connectivity index (χ2n) is 6.30. The van der Waals surface area contributed by atoms with Gasteiger partial charge in [0.2, 0.25) is 0 Å². The maximum Gasteiger partial charge on any atom is 0.266 e. The van der Waals surface area contributed by atoms with E-state index in [1.165, 1.54) is 25.3 Å². The molecule has 7 heteroatoms. The molecule has 0 atom stereocenters. The Kier molecular flexibility index (Phi) is 5.74. The Balaban J connectivity index is 1.94. The van der Waals surface area contributed by atoms with Gasteiger partial charge in [0.05, 0.1) is 24.2 Å². The number of methoxy groups -OCH3 is 1. The predicted molar refractivity (Wildman–Crippen MR) is 108 cm³/mol. The zero-order chi connectivity index (χ0) is 21.0. The van der Waals surface area contributed by atoms with E-state index in [9.17, 15) is 14.4 Å². The summed E-state index contributed by atoms with van der Waals surface area (Å²) < 4.78 is 20.1. The lowest BCUT2D eigenvalue weighted by atomic mass is 10.1. The van der Waals surface area contributed by atoms with Gasteiger partial charge in [0, 0.05) is 11.3 Å². The Bertz CT molecular complexity index is 1120. The number of para-hydroxylation sites is 2. The number of carbonyl (C=O) groups excluding carboxylic acids is 1. The number of ether oxygens (including phenoxy) is 1. The predicted octanol–water partition coefficient (Wildman–Crippen LogP) is 4.18. The molecule has 146 valence electrons. The highest BCUT2D eigenvalue weighted by Crippen LogP contribution is 2.25. The van der Waals surface area contributed by atoms with Crippen molar-refractivity contribution in [2.75, 3.05) is 12.4 Å². The summed E-state index contributed by atoms with van der Waals surface area (Å²) in [5, 5.41) is 16.7. The van der Waals surface area contributed by atoms with Gasteiger partial charge in [-0.15, -0.1) is 0 Å². The Morgan fingerprint density at radius 2 is 1.90 bits per heavy atom. The molecule has 3 aromatic rings. The number of hydrogen-bond acceptors (Lipinski definition) is 4. The average Bonchev–Trinajstić information content (AvgIpc) is 3.00. The molecule has 0 aliphatic rings. The number of nitriles is 1. The minimum absolute atomic E-state index is 0.0687. The second-order valence-corrected chi connectivity index (χ2v) is 6.30. The van der Waals surface area contributed by atoms with Crippen molar-refractivity contribution in [3.05, 3.63) is 76.9 Å². The first kappa shape index (κ1) is 19.8. The lowest BCUT2D eigenvalue weighted by molar-refractivity contribution is -0.112. The third kappa shape index (κ3) is 4.17. The minimum atomic E-state index is -0.551. The van der Waals surface area contributed by atoms with Crippen molar-refractivity contribution in [1.29, 1.82) is 5.26 Å². The van der Waals surface area contributed by atoms with Crippen LogP contribution in [-0.4, -0.2) is 22.8 Å². The fraction of sp³-hybridized carbons (Fsp3) is 0.136. The molecule has 0 saturated heterocycles. The van der Waals surface area contributed by atoms with Crippen LogP contribution in [0.4, 0.5) is 10.1 Å². The SMILES string of the molecule is COc1ccccc1NC(=O)C(C#N)=Cc1c(C)nn(-c2ccc(F)cc2)c1C. The highest BCUT2D eigenvalue weighted by molar-refractivity contribution is 6.10. The van der Waals surface area contributed by atoms with Crippen LogP contribution in [0, 0.1) is 31.0 Å². The highest BCUT2D eigenvalue weighted by atomic mass is 19.1. The second kappa shape index (κ2) is 8.40. The van der Waals surface area contributed by atoms with Crippen LogP contribution in [0.5, 0.6) is 5.75 Å². The first-order valence-corrected chi connectivity index (χ1v) is 8.83. The first-order chi connectivity index (χ1) is 13.9. The summed E-state index contributed by atoms with van der Waals surface area (Å²) in [6, 6.07) is 14.8. The van der Waals surface area contributed by atoms with Crippen molar-refractivity contribution in [2.24, 2.45) is 0 Å². The highest BCUT2D eigenvalue weighted by Gasteiger charge is 2.16. The molecule has 0 aliphatic heterocycles. The molecule has 0 bridgehead atoms. The van der Waals surface area contributed by atoms with E-state index < -0.39 is 5.91 Å². The molecule has 1 aromatic heterocycles. The molecule has 6 nitrogen and oxygen atoms in total. The van der Waals surface area contributed by atoms with Crippen molar-refractivity contribution < 1.29 is 13.9 Å². The molecule has 0 spiro atoms. The standard InChI is InChI=1S/C22H19FN4O2/c1-14-19(15(2)27(26-14)18-10-8-17(23)9-11-18)12-16(13-24)22(28)25-20-6-4-5-7-21(20)29-3/h4-12H,1-3H3,(H,25,28). The number of hydrogen-bond donors (Lipinski definition) is 1. The van der Waals surface area contributed by atoms with Crippen molar-refractivity contribution in [1.82, 2.24) is 9.78 Å². The van der Waals surface area contributed by atoms with Crippen molar-refractivity contribution in [3.63, 3.8) is 0 Å². The van der Waals surface area contributed by atoms with Crippen molar-refractivity contribution in [3.8, 4) is 17.5 Å². The molecule has 3 rings (SSSR count). The van der Waals surface area contributed by atoms with Gasteiger partial charge in [0.25, 0.3) is 5.91 Å². The maximum atomic E-state index is 13.2. The number of nitrogens with zero attached hydrogens (tertiary/aromatic N) is 3. The van der Waals surface area contributed by atoms with E-state index in [2.05, 4.69) is 10.4 Å². The fourth-order valence-corrected chi connectivity index (χ4v) is 2.93. The van der Waals surface area contributed by atoms with E-state index in [1.54, 1.807) is 48.0 Å². The number of aromatic nitrogens is 2. The topological polar surface area (TPSA) is 79.9 Å². The van der Waals surface area contributed by atoms with Gasteiger partial charge in [-0.3, -0.25) is 4.79 Å². The molecule has 1 heterocycles. The van der Waals surface area contributed by atoms with Crippen LogP contribution in [0.1, 0.15) is 17.0 Å². The summed E-state index contributed by atoms with van der Waals surface area (Å²) >= 11 is 0. The average molecular weight is 390 g/mol. The van der Waals surface area contributed by atoms with Crippen LogP contribution in [0.2, 0.25) is 0 Å². The number of amides is 1. The quantitative estimate of drug-likeness (QED) is 0.523. The zero-order valence-electron chi connectivity index (χ0n) is 16.2. The lowest BCUT2D eigenvalue weighted by Crippen LogP contribution is -2.14. The van der Waals surface area contributed by atoms with E-state index in [4.69, 9.17) is 4.74 Å². The number of halogens is 1. The van der Waals surface area contributed by atoms with Gasteiger partial charge in [-0.05, 0) is 56.3 Å². The zero-order valence-corrected chi connectivity index (χ0v) is 16.2.